The molecule has 0 aliphatic carbocycles. The fourth-order valence-corrected chi connectivity index (χ4v) is 4.61. The van der Waals surface area contributed by atoms with E-state index in [0.29, 0.717) is 16.6 Å². The number of Topliss-reactive ketones (excluding diaryl/α,β-unsaturated/α-hetero) is 1. The lowest BCUT2D eigenvalue weighted by molar-refractivity contribution is -0.116. The first-order chi connectivity index (χ1) is 15.0. The third-order valence-corrected chi connectivity index (χ3v) is 6.34. The Labute approximate surface area is 185 Å². The molecule has 0 aliphatic rings. The molecule has 0 amide bonds. The lowest BCUT2D eigenvalue weighted by Crippen LogP contribution is -2.44. The molecule has 0 bridgehead atoms. The van der Waals surface area contributed by atoms with Crippen molar-refractivity contribution in [2.75, 3.05) is 10.6 Å². The monoisotopic (exact) mass is 461 g/mol. The first kappa shape index (κ1) is 23.5. The van der Waals surface area contributed by atoms with E-state index in [4.69, 9.17) is 0 Å². The molecular formula is C21H27N5O5S. The zero-order chi connectivity index (χ0) is 23.6. The van der Waals surface area contributed by atoms with Crippen molar-refractivity contribution in [3.63, 3.8) is 0 Å². The summed E-state index contributed by atoms with van der Waals surface area (Å²) in [7, 11) is -2.45. The van der Waals surface area contributed by atoms with Gasteiger partial charge in [0.05, 0.1) is 16.6 Å². The second kappa shape index (κ2) is 9.11. The largest absolute Gasteiger partial charge is 0.348 e. The Kier molecular flexibility index (Phi) is 6.68. The number of hydrogen-bond donors (Lipinski definition) is 2. The number of fused-ring (bicyclic) bond motifs is 1. The number of sulfonamides is 1. The number of hydrogen-bond acceptors (Lipinski definition) is 6. The lowest BCUT2D eigenvalue weighted by atomic mass is 9.93. The van der Waals surface area contributed by atoms with Gasteiger partial charge in [-0.1, -0.05) is 27.2 Å². The number of nitrogens with one attached hydrogen (secondary N) is 2. The van der Waals surface area contributed by atoms with Crippen molar-refractivity contribution in [2.45, 2.75) is 46.0 Å². The van der Waals surface area contributed by atoms with Crippen molar-refractivity contribution in [3.05, 3.63) is 50.8 Å². The van der Waals surface area contributed by atoms with Crippen LogP contribution in [0.4, 0.5) is 0 Å². The lowest BCUT2D eigenvalue weighted by Gasteiger charge is -2.16. The summed E-state index contributed by atoms with van der Waals surface area (Å²) in [6.45, 7) is 5.87. The topological polar surface area (TPSA) is 136 Å². The minimum Gasteiger partial charge on any atom is -0.305 e. The highest BCUT2D eigenvalue weighted by Crippen LogP contribution is 2.31. The van der Waals surface area contributed by atoms with Crippen LogP contribution in [-0.4, -0.2) is 39.4 Å². The maximum atomic E-state index is 13.1. The van der Waals surface area contributed by atoms with Crippen LogP contribution < -0.4 is 16.1 Å². The van der Waals surface area contributed by atoms with E-state index in [1.54, 1.807) is 30.1 Å². The van der Waals surface area contributed by atoms with E-state index < -0.39 is 32.8 Å². The molecule has 2 aromatic heterocycles. The summed E-state index contributed by atoms with van der Waals surface area (Å²) in [5.41, 5.74) is 0.956. The Hall–Kier alpha value is -3.21. The molecule has 0 atom stereocenters. The highest BCUT2D eigenvalue weighted by atomic mass is 32.2. The van der Waals surface area contributed by atoms with Gasteiger partial charge < -0.3 is 4.98 Å². The van der Waals surface area contributed by atoms with E-state index in [2.05, 4.69) is 10.1 Å². The number of H-pyrrole nitrogens is 1. The average Bonchev–Trinajstić information content (AvgIpc) is 3.14. The number of carbonyl (C=O) groups is 1. The molecule has 2 N–H and O–H groups in total. The third-order valence-electron chi connectivity index (χ3n) is 5.18. The van der Waals surface area contributed by atoms with Gasteiger partial charge in [-0.05, 0) is 36.1 Å². The van der Waals surface area contributed by atoms with Gasteiger partial charge in [0.15, 0.2) is 0 Å². The van der Waals surface area contributed by atoms with Crippen molar-refractivity contribution in [3.8, 4) is 11.3 Å². The van der Waals surface area contributed by atoms with Crippen molar-refractivity contribution >= 4 is 26.7 Å². The smallest absolute Gasteiger partial charge is 0.305 e. The Bertz CT molecular complexity index is 1380. The Morgan fingerprint density at radius 1 is 1.25 bits per heavy atom. The molecular weight excluding hydrogens is 434 g/mol. The number of rotatable bonds is 9. The molecule has 3 aromatic rings. The Balaban J connectivity index is 2.11. The van der Waals surface area contributed by atoms with E-state index in [9.17, 15) is 22.8 Å². The summed E-state index contributed by atoms with van der Waals surface area (Å²) >= 11 is 0. The zero-order valence-electron chi connectivity index (χ0n) is 18.5. The van der Waals surface area contributed by atoms with Crippen molar-refractivity contribution in [2.24, 2.45) is 7.05 Å². The Morgan fingerprint density at radius 2 is 1.97 bits per heavy atom. The van der Waals surface area contributed by atoms with E-state index in [1.807, 2.05) is 31.7 Å². The number of unbranched alkanes of at least 4 members (excludes halogenated alkanes) is 1. The van der Waals surface area contributed by atoms with E-state index in [-0.39, 0.29) is 17.7 Å². The number of aromatic nitrogens is 4. The first-order valence-electron chi connectivity index (χ1n) is 10.4. The van der Waals surface area contributed by atoms with Gasteiger partial charge >= 0.3 is 5.69 Å². The molecule has 0 saturated heterocycles. The normalized spacial score (nSPS) is 11.9. The van der Waals surface area contributed by atoms with Gasteiger partial charge in [0.2, 0.25) is 0 Å². The predicted octanol–water partition coefficient (Wildman–Crippen LogP) is 1.85. The first-order valence-corrected chi connectivity index (χ1v) is 12.0. The van der Waals surface area contributed by atoms with E-state index >= 15 is 0 Å². The fraction of sp³-hybridized carbons (Fsp3) is 0.429. The molecule has 32 heavy (non-hydrogen) atoms. The molecule has 0 fully saturated rings. The van der Waals surface area contributed by atoms with Gasteiger partial charge in [-0.15, -0.1) is 0 Å². The molecule has 3 rings (SSSR count). The number of benzene rings is 1. The molecule has 0 spiro atoms. The highest BCUT2D eigenvalue weighted by molar-refractivity contribution is 7.93. The molecule has 172 valence electrons. The van der Waals surface area contributed by atoms with Crippen LogP contribution in [0.2, 0.25) is 0 Å². The molecule has 0 aliphatic heterocycles. The summed E-state index contributed by atoms with van der Waals surface area (Å²) in [6.07, 6.45) is 3.07. The van der Waals surface area contributed by atoms with Crippen LogP contribution in [-0.2, 0) is 21.9 Å². The van der Waals surface area contributed by atoms with Crippen LogP contribution in [0.3, 0.4) is 0 Å². The number of aromatic amines is 1. The predicted molar refractivity (Wildman–Crippen MR) is 123 cm³/mol. The van der Waals surface area contributed by atoms with Crippen LogP contribution in [0.25, 0.3) is 22.2 Å². The SMILES string of the molecule is CCCCC(=O)CS(=O)(=O)Nn1c(=O)[nH]c2cc(C(C)C)c(-c3ccnn3C)cc2c1=O. The maximum Gasteiger partial charge on any atom is 0.348 e. The van der Waals surface area contributed by atoms with Crippen LogP contribution in [0, 0.1) is 0 Å². The molecule has 0 saturated carbocycles. The van der Waals surface area contributed by atoms with Gasteiger partial charge in [-0.3, -0.25) is 14.3 Å². The second-order valence-electron chi connectivity index (χ2n) is 8.04. The van der Waals surface area contributed by atoms with Crippen molar-refractivity contribution in [1.29, 1.82) is 0 Å². The van der Waals surface area contributed by atoms with Crippen LogP contribution in [0.5, 0.6) is 0 Å². The maximum absolute atomic E-state index is 13.1. The number of nitrogens with zero attached hydrogens (tertiary/aromatic N) is 3. The highest BCUT2D eigenvalue weighted by Gasteiger charge is 2.21. The molecule has 11 heteroatoms. The third kappa shape index (κ3) is 4.82. The zero-order valence-corrected chi connectivity index (χ0v) is 19.3. The average molecular weight is 462 g/mol. The number of ketones is 1. The quantitative estimate of drug-likeness (QED) is 0.499. The molecule has 1 aromatic carbocycles. The molecule has 0 radical (unpaired) electrons. The van der Waals surface area contributed by atoms with E-state index in [0.717, 1.165) is 23.2 Å². The van der Waals surface area contributed by atoms with E-state index in [1.165, 1.54) is 0 Å². The molecule has 0 unspecified atom stereocenters. The van der Waals surface area contributed by atoms with Crippen LogP contribution in [0.15, 0.2) is 34.0 Å². The molecule has 2 heterocycles. The summed E-state index contributed by atoms with van der Waals surface area (Å²) in [5.74, 6) is -1.20. The van der Waals surface area contributed by atoms with Crippen molar-refractivity contribution < 1.29 is 13.2 Å². The molecule has 10 nitrogen and oxygen atoms in total. The Morgan fingerprint density at radius 3 is 2.56 bits per heavy atom. The minimum atomic E-state index is -4.23. The van der Waals surface area contributed by atoms with Gasteiger partial charge in [-0.2, -0.15) is 9.77 Å². The number of carbonyl (C=O) groups excluding carboxylic acids is 1. The summed E-state index contributed by atoms with van der Waals surface area (Å²) in [4.78, 5) is 42.0. The standard InChI is InChI=1S/C21H27N5O5S/c1-5-6-7-14(27)12-32(30,31)24-26-20(28)17-10-16(19-8-9-22-25(19)4)15(13(2)3)11-18(17)23-21(26)29/h8-11,13,24H,5-7,12H2,1-4H3,(H,23,29). The summed E-state index contributed by atoms with van der Waals surface area (Å²) < 4.78 is 26.9. The number of aryl methyl sites for hydroxylation is 1. The minimum absolute atomic E-state index is 0.0860. The van der Waals surface area contributed by atoms with Gasteiger partial charge in [0.25, 0.3) is 15.6 Å². The van der Waals surface area contributed by atoms with Gasteiger partial charge in [0.1, 0.15) is 11.5 Å². The van der Waals surface area contributed by atoms with Gasteiger partial charge in [-0.25, -0.2) is 18.0 Å². The van der Waals surface area contributed by atoms with Crippen molar-refractivity contribution in [1.82, 2.24) is 19.4 Å². The van der Waals surface area contributed by atoms with Crippen LogP contribution in [0.1, 0.15) is 51.5 Å². The fourth-order valence-electron chi connectivity index (χ4n) is 3.53. The van der Waals surface area contributed by atoms with Gasteiger partial charge in [0, 0.05) is 25.2 Å². The summed E-state index contributed by atoms with van der Waals surface area (Å²) in [5, 5.41) is 4.31. The van der Waals surface area contributed by atoms with Crippen LogP contribution >= 0.6 is 0 Å². The summed E-state index contributed by atoms with van der Waals surface area (Å²) in [6, 6.07) is 5.15. The second-order valence-corrected chi connectivity index (χ2v) is 9.74.